The second kappa shape index (κ2) is 63.2. The predicted octanol–water partition coefficient (Wildman–Crippen LogP) is 21.7. The van der Waals surface area contributed by atoms with Gasteiger partial charge in [-0.15, -0.1) is 0 Å². The van der Waals surface area contributed by atoms with Gasteiger partial charge in [0.05, 0.1) is 39.9 Å². The number of phosphoric ester groups is 1. The van der Waals surface area contributed by atoms with Gasteiger partial charge in [-0.3, -0.25) is 9.36 Å². The molecule has 3 atom stereocenters. The maximum Gasteiger partial charge on any atom is 0.268 e. The number of carbonyl (C=O) groups excluding carboxylic acids is 1. The van der Waals surface area contributed by atoms with E-state index < -0.39 is 26.6 Å². The number of nitrogens with zero attached hydrogens (tertiary/aromatic N) is 1. The Bertz CT molecular complexity index is 1610. The van der Waals surface area contributed by atoms with Crippen molar-refractivity contribution in [2.75, 3.05) is 40.9 Å². The summed E-state index contributed by atoms with van der Waals surface area (Å²) in [7, 11) is 1.24. The zero-order valence-corrected chi connectivity index (χ0v) is 55.6. The molecule has 1 amide bonds. The van der Waals surface area contributed by atoms with Crippen LogP contribution in [-0.4, -0.2) is 68.5 Å². The van der Waals surface area contributed by atoms with E-state index in [1.807, 2.05) is 27.2 Å². The monoisotopic (exact) mass is 1170 g/mol. The molecule has 0 bridgehead atoms. The summed E-state index contributed by atoms with van der Waals surface area (Å²) in [4.78, 5) is 25.6. The number of amides is 1. The highest BCUT2D eigenvalue weighted by molar-refractivity contribution is 7.45. The molecule has 8 nitrogen and oxygen atoms in total. The second-order valence-electron chi connectivity index (χ2n) is 24.8. The molecule has 82 heavy (non-hydrogen) atoms. The smallest absolute Gasteiger partial charge is 0.268 e. The summed E-state index contributed by atoms with van der Waals surface area (Å²) in [5, 5.41) is 13.9. The number of aliphatic hydroxyl groups excluding tert-OH is 1. The van der Waals surface area contributed by atoms with E-state index >= 15 is 0 Å². The van der Waals surface area contributed by atoms with E-state index in [2.05, 4.69) is 92.1 Å². The fourth-order valence-electron chi connectivity index (χ4n) is 10.2. The van der Waals surface area contributed by atoms with Crippen LogP contribution in [0.15, 0.2) is 85.1 Å². The molecule has 9 heteroatoms. The Balaban J connectivity index is 3.94. The number of likely N-dealkylation sites (N-methyl/N-ethyl adjacent to an activating group) is 1. The van der Waals surface area contributed by atoms with Gasteiger partial charge in [-0.25, -0.2) is 0 Å². The van der Waals surface area contributed by atoms with Crippen molar-refractivity contribution in [3.8, 4) is 0 Å². The quantitative estimate of drug-likeness (QED) is 0.0272. The highest BCUT2D eigenvalue weighted by Crippen LogP contribution is 2.38. The summed E-state index contributed by atoms with van der Waals surface area (Å²) in [6.45, 7) is 4.53. The second-order valence-corrected chi connectivity index (χ2v) is 26.2. The van der Waals surface area contributed by atoms with Crippen LogP contribution in [0.2, 0.25) is 0 Å². The maximum atomic E-state index is 13.0. The number of aliphatic hydroxyl groups is 1. The first-order chi connectivity index (χ1) is 40.0. The molecule has 3 unspecified atom stereocenters. The Labute approximate surface area is 509 Å². The largest absolute Gasteiger partial charge is 0.756 e. The van der Waals surface area contributed by atoms with Gasteiger partial charge in [0.25, 0.3) is 7.82 Å². The molecule has 0 aliphatic heterocycles. The van der Waals surface area contributed by atoms with Crippen molar-refractivity contribution in [2.45, 2.75) is 334 Å². The first-order valence-corrected chi connectivity index (χ1v) is 36.4. The molecule has 0 aromatic rings. The van der Waals surface area contributed by atoms with Crippen LogP contribution < -0.4 is 10.2 Å². The third kappa shape index (κ3) is 65.2. The summed E-state index contributed by atoms with van der Waals surface area (Å²) in [6, 6.07) is -0.912. The zero-order valence-electron chi connectivity index (χ0n) is 54.7. The molecule has 0 aromatic heterocycles. The maximum absolute atomic E-state index is 13.0. The summed E-state index contributed by atoms with van der Waals surface area (Å²) in [6.07, 6.45) is 90.1. The molecule has 0 saturated carbocycles. The zero-order chi connectivity index (χ0) is 59.8. The average molecular weight is 1170 g/mol. The minimum Gasteiger partial charge on any atom is -0.756 e. The van der Waals surface area contributed by atoms with Crippen molar-refractivity contribution in [1.82, 2.24) is 5.32 Å². The number of rotatable bonds is 64. The van der Waals surface area contributed by atoms with Gasteiger partial charge in [-0.1, -0.05) is 317 Å². The lowest BCUT2D eigenvalue weighted by Gasteiger charge is -2.29. The molecule has 0 aliphatic rings. The van der Waals surface area contributed by atoms with E-state index in [9.17, 15) is 19.4 Å². The van der Waals surface area contributed by atoms with Crippen molar-refractivity contribution in [2.24, 2.45) is 0 Å². The lowest BCUT2D eigenvalue weighted by atomic mass is 10.0. The molecule has 0 aromatic carbocycles. The molecule has 0 spiro atoms. The Morgan fingerprint density at radius 3 is 1.13 bits per heavy atom. The third-order valence-electron chi connectivity index (χ3n) is 15.6. The van der Waals surface area contributed by atoms with Gasteiger partial charge in [0, 0.05) is 6.42 Å². The van der Waals surface area contributed by atoms with Crippen LogP contribution in [-0.2, 0) is 18.4 Å². The van der Waals surface area contributed by atoms with E-state index in [0.717, 1.165) is 70.6 Å². The van der Waals surface area contributed by atoms with Crippen molar-refractivity contribution < 1.29 is 32.9 Å². The van der Waals surface area contributed by atoms with Crippen LogP contribution in [0.4, 0.5) is 0 Å². The number of hydrogen-bond acceptors (Lipinski definition) is 6. The van der Waals surface area contributed by atoms with Crippen molar-refractivity contribution in [3.05, 3.63) is 85.1 Å². The fraction of sp³-hybridized carbons (Fsp3) is 0.795. The molecule has 2 N–H and O–H groups in total. The Morgan fingerprint density at radius 2 is 0.756 bits per heavy atom. The molecule has 0 rings (SSSR count). The van der Waals surface area contributed by atoms with E-state index in [1.165, 1.54) is 231 Å². The standard InChI is InChI=1S/C73H135N2O6P/c1-6-8-10-12-14-16-18-20-22-24-26-27-28-29-30-31-32-33-34-35-36-37-38-39-40-41-42-43-44-45-46-47-49-51-53-55-57-59-61-63-65-67-73(77)74-71(70-81-82(78,79)80-69-68-75(3,4)5)72(76)66-64-62-60-58-56-54-52-50-48-25-23-21-19-17-15-13-11-9-7-2/h8,10,14,16,20,22,26-27,48,50,56,58,64,66,71-72,76H,6-7,9,11-13,15,17-19,21,23-25,28-47,49,51-55,57,59-63,65,67-70H2,1-5H3,(H-,74,77,78,79)/b10-8-,16-14-,22-20-,27-26-,50-48+,58-56+,66-64+. The van der Waals surface area contributed by atoms with Gasteiger partial charge < -0.3 is 28.8 Å². The molecule has 0 fully saturated rings. The highest BCUT2D eigenvalue weighted by atomic mass is 31.2. The van der Waals surface area contributed by atoms with Gasteiger partial charge in [0.2, 0.25) is 5.91 Å². The minimum absolute atomic E-state index is 0.00932. The van der Waals surface area contributed by atoms with Gasteiger partial charge in [-0.2, -0.15) is 0 Å². The molecule has 0 aliphatic carbocycles. The number of nitrogens with one attached hydrogen (secondary N) is 1. The van der Waals surface area contributed by atoms with Crippen molar-refractivity contribution in [3.63, 3.8) is 0 Å². The average Bonchev–Trinajstić information content (AvgIpc) is 3.47. The topological polar surface area (TPSA) is 108 Å². The van der Waals surface area contributed by atoms with Crippen LogP contribution in [0.25, 0.3) is 0 Å². The first-order valence-electron chi connectivity index (χ1n) is 34.9. The summed E-state index contributed by atoms with van der Waals surface area (Å²) >= 11 is 0. The third-order valence-corrected chi connectivity index (χ3v) is 16.5. The van der Waals surface area contributed by atoms with Gasteiger partial charge in [0.15, 0.2) is 0 Å². The summed E-state index contributed by atoms with van der Waals surface area (Å²) in [5.41, 5.74) is 0. The molecular weight excluding hydrogens is 1030 g/mol. The Morgan fingerprint density at radius 1 is 0.439 bits per heavy atom. The molecule has 0 saturated heterocycles. The van der Waals surface area contributed by atoms with Gasteiger partial charge >= 0.3 is 0 Å². The number of allylic oxidation sites excluding steroid dienone is 13. The minimum atomic E-state index is -4.61. The number of unbranched alkanes of at least 4 members (excludes halogenated alkanes) is 39. The number of quaternary nitrogens is 1. The van der Waals surface area contributed by atoms with E-state index in [-0.39, 0.29) is 12.5 Å². The van der Waals surface area contributed by atoms with E-state index in [4.69, 9.17) is 9.05 Å². The number of hydrogen-bond donors (Lipinski definition) is 2. The first kappa shape index (κ1) is 79.7. The summed E-state index contributed by atoms with van der Waals surface area (Å²) < 4.78 is 23.4. The predicted molar refractivity (Wildman–Crippen MR) is 357 cm³/mol. The molecule has 0 heterocycles. The molecule has 0 radical (unpaired) electrons. The lowest BCUT2D eigenvalue weighted by molar-refractivity contribution is -0.870. The van der Waals surface area contributed by atoms with E-state index in [1.54, 1.807) is 6.08 Å². The molecular formula is C73H135N2O6P. The number of carbonyl (C=O) groups is 1. The van der Waals surface area contributed by atoms with Crippen LogP contribution in [0.1, 0.15) is 322 Å². The van der Waals surface area contributed by atoms with Crippen LogP contribution in [0.3, 0.4) is 0 Å². The Kier molecular flexibility index (Phi) is 61.4. The van der Waals surface area contributed by atoms with E-state index in [0.29, 0.717) is 17.4 Å². The fourth-order valence-corrected chi connectivity index (χ4v) is 10.9. The Hall–Kier alpha value is -2.32. The number of phosphoric acid groups is 1. The van der Waals surface area contributed by atoms with Crippen LogP contribution >= 0.6 is 7.82 Å². The highest BCUT2D eigenvalue weighted by Gasteiger charge is 2.23. The van der Waals surface area contributed by atoms with Gasteiger partial charge in [-0.05, 0) is 83.5 Å². The van der Waals surface area contributed by atoms with Gasteiger partial charge in [0.1, 0.15) is 13.2 Å². The summed E-state index contributed by atoms with van der Waals surface area (Å²) in [5.74, 6) is -0.207. The lowest BCUT2D eigenvalue weighted by Crippen LogP contribution is -2.45. The SMILES string of the molecule is CC/C=C\C/C=C\C/C=C\C/C=C\CCCCCCCCCCCCCCCCCCCCCCCCCCCCCCC(=O)NC(COP(=O)([O-])OCC[N+](C)(C)C)C(O)/C=C/CC/C=C/CC/C=C/CCCCCCCCCCC. The van der Waals surface area contributed by atoms with Crippen LogP contribution in [0.5, 0.6) is 0 Å². The van der Waals surface area contributed by atoms with Crippen LogP contribution in [0, 0.1) is 0 Å². The molecule has 478 valence electrons. The normalized spacial score (nSPS) is 14.2. The van der Waals surface area contributed by atoms with Crippen molar-refractivity contribution >= 4 is 13.7 Å². The van der Waals surface area contributed by atoms with Crippen molar-refractivity contribution in [1.29, 1.82) is 0 Å².